The van der Waals surface area contributed by atoms with Gasteiger partial charge in [0.15, 0.2) is 5.82 Å². The van der Waals surface area contributed by atoms with Gasteiger partial charge in [-0.05, 0) is 31.9 Å². The molecule has 1 atom stereocenters. The minimum atomic E-state index is -0.125. The fourth-order valence-corrected chi connectivity index (χ4v) is 2.90. The van der Waals surface area contributed by atoms with Crippen LogP contribution in [0.5, 0.6) is 0 Å². The van der Waals surface area contributed by atoms with Crippen LogP contribution < -0.4 is 5.32 Å². The van der Waals surface area contributed by atoms with Crippen LogP contribution in [0, 0.1) is 13.8 Å². The number of nitrogens with zero attached hydrogens (tertiary/aromatic N) is 3. The van der Waals surface area contributed by atoms with Crippen LogP contribution in [0.25, 0.3) is 0 Å². The molecule has 2 amide bonds. The Bertz CT molecular complexity index is 665. The van der Waals surface area contributed by atoms with Gasteiger partial charge in [0.25, 0.3) is 0 Å². The minimum absolute atomic E-state index is 0.108. The van der Waals surface area contributed by atoms with Gasteiger partial charge < -0.3 is 14.7 Å². The number of nitrogens with one attached hydrogen (secondary N) is 1. The molecule has 1 aromatic heterocycles. The molecule has 1 fully saturated rings. The van der Waals surface area contributed by atoms with E-state index in [0.717, 1.165) is 36.9 Å². The Morgan fingerprint density at radius 1 is 1.22 bits per heavy atom. The Balaban J connectivity index is 1.78. The van der Waals surface area contributed by atoms with E-state index in [0.29, 0.717) is 18.3 Å². The zero-order valence-corrected chi connectivity index (χ0v) is 13.6. The number of carbonyl (C=O) groups is 1. The summed E-state index contributed by atoms with van der Waals surface area (Å²) in [5.74, 6) is 1.13. The number of benzene rings is 1. The van der Waals surface area contributed by atoms with Gasteiger partial charge in [-0.1, -0.05) is 35.7 Å². The van der Waals surface area contributed by atoms with Crippen LogP contribution in [0.15, 0.2) is 28.8 Å². The molecule has 2 heterocycles. The first-order chi connectivity index (χ1) is 11.1. The first kappa shape index (κ1) is 15.5. The van der Waals surface area contributed by atoms with Crippen molar-refractivity contribution >= 4 is 11.7 Å². The van der Waals surface area contributed by atoms with E-state index >= 15 is 0 Å². The van der Waals surface area contributed by atoms with Crippen molar-refractivity contribution in [2.75, 3.05) is 11.9 Å². The summed E-state index contributed by atoms with van der Waals surface area (Å²) >= 11 is 0. The topological polar surface area (TPSA) is 71.3 Å². The summed E-state index contributed by atoms with van der Waals surface area (Å²) in [6, 6.07) is 7.57. The van der Waals surface area contributed by atoms with Crippen molar-refractivity contribution in [1.82, 2.24) is 15.0 Å². The van der Waals surface area contributed by atoms with E-state index in [1.165, 1.54) is 0 Å². The van der Waals surface area contributed by atoms with Gasteiger partial charge in [-0.2, -0.15) is 4.98 Å². The average Bonchev–Trinajstić information content (AvgIpc) is 2.82. The van der Waals surface area contributed by atoms with E-state index in [-0.39, 0.29) is 12.1 Å². The van der Waals surface area contributed by atoms with Gasteiger partial charge in [-0.3, -0.25) is 0 Å². The normalized spacial score (nSPS) is 18.5. The molecule has 0 spiro atoms. The molecule has 6 heteroatoms. The molecular weight excluding hydrogens is 292 g/mol. The molecule has 23 heavy (non-hydrogen) atoms. The summed E-state index contributed by atoms with van der Waals surface area (Å²) in [7, 11) is 0. The van der Waals surface area contributed by atoms with Crippen LogP contribution in [0.3, 0.4) is 0 Å². The number of aromatic nitrogens is 2. The summed E-state index contributed by atoms with van der Waals surface area (Å²) in [6.45, 7) is 4.49. The van der Waals surface area contributed by atoms with E-state index in [9.17, 15) is 4.79 Å². The van der Waals surface area contributed by atoms with Gasteiger partial charge in [0.05, 0.1) is 6.04 Å². The molecule has 0 unspecified atom stereocenters. The monoisotopic (exact) mass is 314 g/mol. The Kier molecular flexibility index (Phi) is 4.60. The van der Waals surface area contributed by atoms with Crippen LogP contribution in [-0.2, 0) is 0 Å². The van der Waals surface area contributed by atoms with E-state index in [1.807, 2.05) is 36.1 Å². The molecule has 3 rings (SSSR count). The van der Waals surface area contributed by atoms with Crippen molar-refractivity contribution in [2.45, 2.75) is 45.6 Å². The van der Waals surface area contributed by atoms with E-state index in [2.05, 4.69) is 15.5 Å². The molecule has 1 aliphatic rings. The molecule has 0 bridgehead atoms. The van der Waals surface area contributed by atoms with Crippen molar-refractivity contribution < 1.29 is 9.32 Å². The maximum absolute atomic E-state index is 12.7. The van der Waals surface area contributed by atoms with E-state index < -0.39 is 0 Å². The molecule has 1 N–H and O–H groups in total. The van der Waals surface area contributed by atoms with Gasteiger partial charge in [0.2, 0.25) is 5.89 Å². The predicted octanol–water partition coefficient (Wildman–Crippen LogP) is 3.84. The second-order valence-electron chi connectivity index (χ2n) is 6.03. The second kappa shape index (κ2) is 6.81. The Morgan fingerprint density at radius 3 is 2.70 bits per heavy atom. The third kappa shape index (κ3) is 3.70. The van der Waals surface area contributed by atoms with Crippen molar-refractivity contribution in [3.63, 3.8) is 0 Å². The zero-order valence-electron chi connectivity index (χ0n) is 13.6. The fraction of sp³-hybridized carbons (Fsp3) is 0.471. The molecular formula is C17H22N4O2. The number of amides is 2. The van der Waals surface area contributed by atoms with E-state index in [4.69, 9.17) is 4.52 Å². The Morgan fingerprint density at radius 2 is 2.00 bits per heavy atom. The maximum atomic E-state index is 12.7. The summed E-state index contributed by atoms with van der Waals surface area (Å²) < 4.78 is 5.10. The van der Waals surface area contributed by atoms with Crippen molar-refractivity contribution in [3.05, 3.63) is 41.5 Å². The molecule has 0 saturated carbocycles. The highest BCUT2D eigenvalue weighted by atomic mass is 16.5. The number of urea groups is 1. The number of anilines is 1. The van der Waals surface area contributed by atoms with E-state index in [1.54, 1.807) is 6.92 Å². The summed E-state index contributed by atoms with van der Waals surface area (Å²) in [6.07, 6.45) is 4.03. The lowest BCUT2D eigenvalue weighted by molar-refractivity contribution is 0.184. The second-order valence-corrected chi connectivity index (χ2v) is 6.03. The average molecular weight is 314 g/mol. The molecule has 1 aromatic carbocycles. The van der Waals surface area contributed by atoms with Gasteiger partial charge in [-0.15, -0.1) is 0 Å². The molecule has 1 aliphatic heterocycles. The summed E-state index contributed by atoms with van der Waals surface area (Å²) in [5.41, 5.74) is 1.96. The van der Waals surface area contributed by atoms with Gasteiger partial charge in [-0.25, -0.2) is 4.79 Å². The number of hydrogen-bond donors (Lipinski definition) is 1. The molecule has 1 saturated heterocycles. The van der Waals surface area contributed by atoms with Crippen LogP contribution >= 0.6 is 0 Å². The van der Waals surface area contributed by atoms with Crippen LogP contribution in [0.2, 0.25) is 0 Å². The quantitative estimate of drug-likeness (QED) is 0.914. The minimum Gasteiger partial charge on any atom is -0.340 e. The largest absolute Gasteiger partial charge is 0.340 e. The summed E-state index contributed by atoms with van der Waals surface area (Å²) in [4.78, 5) is 18.9. The lowest BCUT2D eigenvalue weighted by atomic mass is 10.1. The van der Waals surface area contributed by atoms with Crippen molar-refractivity contribution in [1.29, 1.82) is 0 Å². The van der Waals surface area contributed by atoms with Gasteiger partial charge >= 0.3 is 6.03 Å². The van der Waals surface area contributed by atoms with Crippen LogP contribution in [0.1, 0.15) is 49.0 Å². The van der Waals surface area contributed by atoms with Gasteiger partial charge in [0.1, 0.15) is 0 Å². The smallest absolute Gasteiger partial charge is 0.322 e. The number of likely N-dealkylation sites (tertiary alicyclic amines) is 1. The number of hydrogen-bond acceptors (Lipinski definition) is 4. The highest BCUT2D eigenvalue weighted by Crippen LogP contribution is 2.29. The maximum Gasteiger partial charge on any atom is 0.322 e. The predicted molar refractivity (Wildman–Crippen MR) is 87.1 cm³/mol. The number of aryl methyl sites for hydroxylation is 2. The Hall–Kier alpha value is -2.37. The lowest BCUT2D eigenvalue weighted by Gasteiger charge is -2.28. The third-order valence-corrected chi connectivity index (χ3v) is 4.16. The lowest BCUT2D eigenvalue weighted by Crippen LogP contribution is -2.38. The first-order valence-corrected chi connectivity index (χ1v) is 8.08. The summed E-state index contributed by atoms with van der Waals surface area (Å²) in [5, 5.41) is 7.00. The molecule has 0 radical (unpaired) electrons. The highest BCUT2D eigenvalue weighted by molar-refractivity contribution is 5.89. The number of rotatable bonds is 2. The number of carbonyl (C=O) groups excluding carboxylic acids is 1. The standard InChI is InChI=1S/C17H22N4O2/c1-12-7-9-14(10-8-12)19-17(22)21-11-5-3-4-6-15(21)16-18-13(2)23-20-16/h7-10,15H,3-6,11H2,1-2H3,(H,19,22)/t15-/m0/s1. The fourth-order valence-electron chi connectivity index (χ4n) is 2.90. The van der Waals surface area contributed by atoms with Crippen LogP contribution in [0.4, 0.5) is 10.5 Å². The van der Waals surface area contributed by atoms with Gasteiger partial charge in [0, 0.05) is 19.2 Å². The molecule has 0 aliphatic carbocycles. The highest BCUT2D eigenvalue weighted by Gasteiger charge is 2.30. The molecule has 2 aromatic rings. The molecule has 122 valence electrons. The first-order valence-electron chi connectivity index (χ1n) is 8.08. The molecule has 6 nitrogen and oxygen atoms in total. The Labute approximate surface area is 135 Å². The van der Waals surface area contributed by atoms with Crippen molar-refractivity contribution in [3.8, 4) is 0 Å². The van der Waals surface area contributed by atoms with Crippen LogP contribution in [-0.4, -0.2) is 27.6 Å². The van der Waals surface area contributed by atoms with Crippen molar-refractivity contribution in [2.24, 2.45) is 0 Å². The zero-order chi connectivity index (χ0) is 16.2. The SMILES string of the molecule is Cc1ccc(NC(=O)N2CCCCC[C@H]2c2noc(C)n2)cc1. The third-order valence-electron chi connectivity index (χ3n) is 4.16.